The number of carbonyl (C=O) groups is 1. The minimum atomic E-state index is -0.344. The molecule has 0 aliphatic rings. The van der Waals surface area contributed by atoms with Gasteiger partial charge in [0.2, 0.25) is 5.55 Å². The van der Waals surface area contributed by atoms with Crippen LogP contribution in [0.2, 0.25) is 0 Å². The lowest BCUT2D eigenvalue weighted by atomic mass is 10.1. The molecule has 2 rings (SSSR count). The van der Waals surface area contributed by atoms with E-state index in [1.54, 1.807) is 24.3 Å². The Labute approximate surface area is 97.5 Å². The van der Waals surface area contributed by atoms with Gasteiger partial charge in [-0.05, 0) is 12.1 Å². The van der Waals surface area contributed by atoms with Crippen molar-refractivity contribution in [3.8, 4) is 5.75 Å². The summed E-state index contributed by atoms with van der Waals surface area (Å²) in [6, 6.07) is 6.95. The Bertz CT molecular complexity index is 631. The lowest BCUT2D eigenvalue weighted by Gasteiger charge is -2.05. The highest BCUT2D eigenvalue weighted by Crippen LogP contribution is 2.24. The second-order valence-electron chi connectivity index (χ2n) is 3.45. The van der Waals surface area contributed by atoms with Crippen LogP contribution in [-0.4, -0.2) is 20.1 Å². The molecule has 0 fully saturated rings. The molecule has 2 N–H and O–H groups in total. The molecule has 1 amide bonds. The predicted molar refractivity (Wildman–Crippen MR) is 62.0 cm³/mol. The molecule has 0 saturated heterocycles. The summed E-state index contributed by atoms with van der Waals surface area (Å²) in [6.07, 6.45) is 0. The van der Waals surface area contributed by atoms with Crippen LogP contribution in [0.1, 0.15) is 10.4 Å². The Morgan fingerprint density at radius 1 is 1.47 bits per heavy atom. The first-order chi connectivity index (χ1) is 8.17. The van der Waals surface area contributed by atoms with Crippen molar-refractivity contribution in [2.75, 3.05) is 14.2 Å². The molecule has 0 bridgehead atoms. The van der Waals surface area contributed by atoms with E-state index >= 15 is 0 Å². The van der Waals surface area contributed by atoms with Crippen LogP contribution in [0, 0.1) is 5.41 Å². The number of rotatable bonds is 2. The summed E-state index contributed by atoms with van der Waals surface area (Å²) in [6.45, 7) is 0. The fourth-order valence-corrected chi connectivity index (χ4v) is 1.60. The lowest BCUT2D eigenvalue weighted by molar-refractivity contribution is 0.0959. The highest BCUT2D eigenvalue weighted by atomic mass is 16.5. The number of nitrogens with one attached hydrogen (secondary N) is 2. The first kappa shape index (κ1) is 11.2. The third-order valence-electron chi connectivity index (χ3n) is 2.45. The Morgan fingerprint density at radius 2 is 2.24 bits per heavy atom. The molecular weight excluding hydrogens is 220 g/mol. The molecule has 0 aliphatic carbocycles. The molecule has 1 heterocycles. The maximum Gasteiger partial charge on any atom is 0.256 e. The third-order valence-corrected chi connectivity index (χ3v) is 2.45. The van der Waals surface area contributed by atoms with Gasteiger partial charge >= 0.3 is 0 Å². The SMILES string of the molecule is CNC(=O)c1cc2cccc(OC)c2oc1=N. The summed E-state index contributed by atoms with van der Waals surface area (Å²) in [5.41, 5.74) is 0.488. The van der Waals surface area contributed by atoms with Crippen molar-refractivity contribution in [2.24, 2.45) is 0 Å². The van der Waals surface area contributed by atoms with E-state index in [1.165, 1.54) is 14.2 Å². The fraction of sp³-hybridized carbons (Fsp3) is 0.167. The number of carbonyl (C=O) groups excluding carboxylic acids is 1. The van der Waals surface area contributed by atoms with Gasteiger partial charge < -0.3 is 14.5 Å². The fourth-order valence-electron chi connectivity index (χ4n) is 1.60. The summed E-state index contributed by atoms with van der Waals surface area (Å²) in [7, 11) is 3.04. The Morgan fingerprint density at radius 3 is 2.88 bits per heavy atom. The van der Waals surface area contributed by atoms with Crippen molar-refractivity contribution >= 4 is 16.9 Å². The van der Waals surface area contributed by atoms with Crippen molar-refractivity contribution in [3.05, 3.63) is 35.4 Å². The van der Waals surface area contributed by atoms with Gasteiger partial charge in [0.15, 0.2) is 11.3 Å². The highest BCUT2D eigenvalue weighted by Gasteiger charge is 2.11. The predicted octanol–water partition coefficient (Wildman–Crippen LogP) is 1.28. The number of hydrogen-bond donors (Lipinski definition) is 2. The molecule has 0 spiro atoms. The number of methoxy groups -OCH3 is 1. The Hall–Kier alpha value is -2.30. The molecule has 1 aromatic carbocycles. The van der Waals surface area contributed by atoms with E-state index in [4.69, 9.17) is 14.6 Å². The molecule has 0 saturated carbocycles. The van der Waals surface area contributed by atoms with Crippen molar-refractivity contribution in [2.45, 2.75) is 0 Å². The second-order valence-corrected chi connectivity index (χ2v) is 3.45. The van der Waals surface area contributed by atoms with Gasteiger partial charge in [-0.3, -0.25) is 10.2 Å². The Balaban J connectivity index is 2.75. The standard InChI is InChI=1S/C12H12N2O3/c1-14-12(15)8-6-7-4-3-5-9(16-2)10(7)17-11(8)13/h3-6,13H,1-2H3,(H,14,15). The number of ether oxygens (including phenoxy) is 1. The minimum absolute atomic E-state index is 0.179. The zero-order valence-electron chi connectivity index (χ0n) is 9.53. The maximum absolute atomic E-state index is 11.5. The number of benzene rings is 1. The van der Waals surface area contributed by atoms with Crippen molar-refractivity contribution < 1.29 is 13.9 Å². The number of fused-ring (bicyclic) bond motifs is 1. The average molecular weight is 232 g/mol. The van der Waals surface area contributed by atoms with Gasteiger partial charge in [-0.25, -0.2) is 0 Å². The van der Waals surface area contributed by atoms with Crippen LogP contribution in [0.3, 0.4) is 0 Å². The van der Waals surface area contributed by atoms with Crippen molar-refractivity contribution in [1.82, 2.24) is 5.32 Å². The van der Waals surface area contributed by atoms with Crippen LogP contribution >= 0.6 is 0 Å². The topological polar surface area (TPSA) is 75.3 Å². The number of hydrogen-bond acceptors (Lipinski definition) is 4. The summed E-state index contributed by atoms with van der Waals surface area (Å²) in [5.74, 6) is 0.197. The van der Waals surface area contributed by atoms with Crippen molar-refractivity contribution in [1.29, 1.82) is 5.41 Å². The molecule has 0 radical (unpaired) electrons. The monoisotopic (exact) mass is 232 g/mol. The van der Waals surface area contributed by atoms with Crippen LogP contribution < -0.4 is 15.6 Å². The zero-order valence-corrected chi connectivity index (χ0v) is 9.53. The smallest absolute Gasteiger partial charge is 0.256 e. The maximum atomic E-state index is 11.5. The molecule has 0 atom stereocenters. The average Bonchev–Trinajstić information content (AvgIpc) is 2.36. The molecule has 5 heteroatoms. The minimum Gasteiger partial charge on any atom is -0.493 e. The van der Waals surface area contributed by atoms with E-state index < -0.39 is 0 Å². The van der Waals surface area contributed by atoms with Crippen LogP contribution in [0.25, 0.3) is 11.0 Å². The normalized spacial score (nSPS) is 10.2. The van der Waals surface area contributed by atoms with Crippen LogP contribution in [0.5, 0.6) is 5.75 Å². The summed E-state index contributed by atoms with van der Waals surface area (Å²) in [5, 5.41) is 10.9. The molecule has 2 aromatic rings. The third kappa shape index (κ3) is 1.87. The largest absolute Gasteiger partial charge is 0.493 e. The summed E-state index contributed by atoms with van der Waals surface area (Å²) in [4.78, 5) is 11.5. The highest BCUT2D eigenvalue weighted by molar-refractivity contribution is 5.97. The number of para-hydroxylation sites is 1. The molecular formula is C12H12N2O3. The quantitative estimate of drug-likeness (QED) is 0.819. The van der Waals surface area contributed by atoms with E-state index in [0.29, 0.717) is 11.3 Å². The van der Waals surface area contributed by atoms with Gasteiger partial charge in [0, 0.05) is 12.4 Å². The van der Waals surface area contributed by atoms with E-state index in [9.17, 15) is 4.79 Å². The van der Waals surface area contributed by atoms with Gasteiger partial charge in [0.05, 0.1) is 7.11 Å². The molecule has 0 aliphatic heterocycles. The van der Waals surface area contributed by atoms with E-state index in [-0.39, 0.29) is 17.0 Å². The summed E-state index contributed by atoms with van der Waals surface area (Å²) < 4.78 is 10.5. The summed E-state index contributed by atoms with van der Waals surface area (Å²) >= 11 is 0. The molecule has 1 aromatic heterocycles. The molecule has 5 nitrogen and oxygen atoms in total. The van der Waals surface area contributed by atoms with Crippen LogP contribution in [0.15, 0.2) is 28.7 Å². The first-order valence-corrected chi connectivity index (χ1v) is 5.05. The Kier molecular flexibility index (Phi) is 2.82. The molecule has 0 unspecified atom stereocenters. The van der Waals surface area contributed by atoms with Gasteiger partial charge in [0.25, 0.3) is 5.91 Å². The van der Waals surface area contributed by atoms with Gasteiger partial charge in [-0.1, -0.05) is 12.1 Å². The van der Waals surface area contributed by atoms with E-state index in [2.05, 4.69) is 5.32 Å². The van der Waals surface area contributed by atoms with Crippen molar-refractivity contribution in [3.63, 3.8) is 0 Å². The van der Waals surface area contributed by atoms with E-state index in [1.807, 2.05) is 0 Å². The zero-order chi connectivity index (χ0) is 12.4. The first-order valence-electron chi connectivity index (χ1n) is 5.05. The molecule has 17 heavy (non-hydrogen) atoms. The second kappa shape index (κ2) is 4.29. The van der Waals surface area contributed by atoms with E-state index in [0.717, 1.165) is 5.39 Å². The van der Waals surface area contributed by atoms with Crippen LogP contribution in [0.4, 0.5) is 0 Å². The lowest BCUT2D eigenvalue weighted by Crippen LogP contribution is -2.24. The van der Waals surface area contributed by atoms with Gasteiger partial charge in [0.1, 0.15) is 5.56 Å². The number of amides is 1. The van der Waals surface area contributed by atoms with Crippen LogP contribution in [-0.2, 0) is 0 Å². The molecule has 88 valence electrons. The van der Waals surface area contributed by atoms with Gasteiger partial charge in [-0.2, -0.15) is 0 Å². The van der Waals surface area contributed by atoms with Gasteiger partial charge in [-0.15, -0.1) is 0 Å².